The van der Waals surface area contributed by atoms with Crippen LogP contribution in [0.1, 0.15) is 50.6 Å². The Morgan fingerprint density at radius 3 is 2.74 bits per heavy atom. The fourth-order valence-electron chi connectivity index (χ4n) is 5.80. The molecule has 0 fully saturated rings. The quantitative estimate of drug-likeness (QED) is 0.493. The third kappa shape index (κ3) is 2.42. The molecule has 0 saturated carbocycles. The summed E-state index contributed by atoms with van der Waals surface area (Å²) in [6.45, 7) is 0.783. The van der Waals surface area contributed by atoms with Crippen molar-refractivity contribution in [3.63, 3.8) is 0 Å². The lowest BCUT2D eigenvalue weighted by Crippen LogP contribution is -2.48. The molecule has 154 valence electrons. The second-order valence-electron chi connectivity index (χ2n) is 8.60. The Morgan fingerprint density at radius 2 is 1.97 bits per heavy atom. The number of carbonyl (C=O) groups excluding carboxylic acids is 1. The van der Waals surface area contributed by atoms with Crippen molar-refractivity contribution < 1.29 is 14.6 Å². The SMILES string of the molecule is COc1ccc2c(c1)c1c(n2Cc2ccccc2)CCC2(O)c3c(C=O)cccc3C12. The summed E-state index contributed by atoms with van der Waals surface area (Å²) in [6, 6.07) is 22.4. The van der Waals surface area contributed by atoms with Crippen LogP contribution in [0.5, 0.6) is 5.75 Å². The van der Waals surface area contributed by atoms with Crippen molar-refractivity contribution in [2.24, 2.45) is 0 Å². The number of hydrogen-bond donors (Lipinski definition) is 1. The summed E-state index contributed by atoms with van der Waals surface area (Å²) in [4.78, 5) is 11.6. The number of hydrogen-bond acceptors (Lipinski definition) is 3. The highest BCUT2D eigenvalue weighted by Gasteiger charge is 2.56. The summed E-state index contributed by atoms with van der Waals surface area (Å²) < 4.78 is 7.92. The van der Waals surface area contributed by atoms with Crippen LogP contribution in [0.15, 0.2) is 66.7 Å². The molecule has 2 aliphatic rings. The Morgan fingerprint density at radius 1 is 1.13 bits per heavy atom. The molecule has 0 spiro atoms. The summed E-state index contributed by atoms with van der Waals surface area (Å²) in [5.41, 5.74) is 6.33. The normalized spacial score (nSPS) is 21.0. The Bertz CT molecular complexity index is 1340. The number of aliphatic hydroxyl groups is 1. The number of fused-ring (bicyclic) bond motifs is 8. The van der Waals surface area contributed by atoms with Crippen molar-refractivity contribution in [1.29, 1.82) is 0 Å². The number of aldehydes is 1. The Labute approximate surface area is 180 Å². The van der Waals surface area contributed by atoms with E-state index >= 15 is 0 Å². The van der Waals surface area contributed by atoms with Crippen molar-refractivity contribution in [2.75, 3.05) is 7.11 Å². The van der Waals surface area contributed by atoms with Gasteiger partial charge >= 0.3 is 0 Å². The van der Waals surface area contributed by atoms with Gasteiger partial charge in [0, 0.05) is 34.6 Å². The number of nitrogens with zero attached hydrogens (tertiary/aromatic N) is 1. The van der Waals surface area contributed by atoms with Gasteiger partial charge in [-0.25, -0.2) is 0 Å². The molecule has 2 aliphatic carbocycles. The highest BCUT2D eigenvalue weighted by molar-refractivity contribution is 5.91. The van der Waals surface area contributed by atoms with Gasteiger partial charge in [0.2, 0.25) is 0 Å². The minimum absolute atomic E-state index is 0.127. The molecule has 3 aromatic carbocycles. The smallest absolute Gasteiger partial charge is 0.150 e. The van der Waals surface area contributed by atoms with E-state index in [4.69, 9.17) is 4.74 Å². The first-order valence-electron chi connectivity index (χ1n) is 10.7. The van der Waals surface area contributed by atoms with Crippen LogP contribution in [0.25, 0.3) is 10.9 Å². The molecule has 6 rings (SSSR count). The maximum atomic E-state index is 11.7. The predicted octanol–water partition coefficient (Wildman–Crippen LogP) is 4.79. The molecule has 0 saturated heterocycles. The molecule has 4 nitrogen and oxygen atoms in total. The third-order valence-electron chi connectivity index (χ3n) is 7.11. The molecule has 31 heavy (non-hydrogen) atoms. The highest BCUT2D eigenvalue weighted by atomic mass is 16.5. The van der Waals surface area contributed by atoms with Crippen molar-refractivity contribution in [1.82, 2.24) is 4.57 Å². The van der Waals surface area contributed by atoms with Crippen molar-refractivity contribution in [3.8, 4) is 5.75 Å². The monoisotopic (exact) mass is 409 g/mol. The number of aromatic nitrogens is 1. The standard InChI is InChI=1S/C27H23NO3/c1-31-19-10-11-22-21(14-19)24-23(28(22)15-17-6-3-2-4-7-17)12-13-27(30)25-18(16-29)8-5-9-20(25)26(24)27/h2-11,14,16,26,30H,12-13,15H2,1H3. The van der Waals surface area contributed by atoms with Crippen LogP contribution in [-0.4, -0.2) is 23.1 Å². The number of benzene rings is 3. The molecular formula is C27H23NO3. The topological polar surface area (TPSA) is 51.5 Å². The van der Waals surface area contributed by atoms with Gasteiger partial charge in [0.05, 0.1) is 7.11 Å². The average molecular weight is 409 g/mol. The van der Waals surface area contributed by atoms with Gasteiger partial charge in [0.15, 0.2) is 0 Å². The first-order valence-corrected chi connectivity index (χ1v) is 10.7. The maximum Gasteiger partial charge on any atom is 0.150 e. The first kappa shape index (κ1) is 18.4. The van der Waals surface area contributed by atoms with Gasteiger partial charge < -0.3 is 14.4 Å². The summed E-state index contributed by atoms with van der Waals surface area (Å²) in [6.07, 6.45) is 2.24. The predicted molar refractivity (Wildman–Crippen MR) is 120 cm³/mol. The summed E-state index contributed by atoms with van der Waals surface area (Å²) in [5.74, 6) is 0.681. The molecule has 1 heterocycles. The number of rotatable bonds is 4. The molecule has 1 aromatic heterocycles. The molecule has 1 N–H and O–H groups in total. The van der Waals surface area contributed by atoms with Gasteiger partial charge in [0.1, 0.15) is 17.6 Å². The second-order valence-corrected chi connectivity index (χ2v) is 8.60. The van der Waals surface area contributed by atoms with E-state index in [0.717, 1.165) is 47.0 Å². The molecule has 0 radical (unpaired) electrons. The van der Waals surface area contributed by atoms with Gasteiger partial charge in [0.25, 0.3) is 0 Å². The third-order valence-corrected chi connectivity index (χ3v) is 7.11. The van der Waals surface area contributed by atoms with Crippen molar-refractivity contribution in [3.05, 3.63) is 100 Å². The zero-order chi connectivity index (χ0) is 21.2. The fourth-order valence-corrected chi connectivity index (χ4v) is 5.80. The molecular weight excluding hydrogens is 386 g/mol. The van der Waals surface area contributed by atoms with Gasteiger partial charge in [-0.2, -0.15) is 0 Å². The lowest BCUT2D eigenvalue weighted by molar-refractivity contribution is -0.0223. The molecule has 2 atom stereocenters. The Kier molecular flexibility index (Phi) is 3.90. The zero-order valence-corrected chi connectivity index (χ0v) is 17.3. The minimum atomic E-state index is -0.991. The summed E-state index contributed by atoms with van der Waals surface area (Å²) >= 11 is 0. The van der Waals surface area contributed by atoms with Gasteiger partial charge in [-0.15, -0.1) is 0 Å². The number of ether oxygens (including phenoxy) is 1. The molecule has 0 amide bonds. The van der Waals surface area contributed by atoms with Crippen LogP contribution in [0.2, 0.25) is 0 Å². The fraction of sp³-hybridized carbons (Fsp3) is 0.222. The Balaban J connectivity index is 1.61. The maximum absolute atomic E-state index is 11.7. The van der Waals surface area contributed by atoms with Crippen LogP contribution >= 0.6 is 0 Å². The number of carbonyl (C=O) groups is 1. The highest BCUT2D eigenvalue weighted by Crippen LogP contribution is 2.61. The summed E-state index contributed by atoms with van der Waals surface area (Å²) in [7, 11) is 1.68. The van der Waals surface area contributed by atoms with Crippen LogP contribution in [0.4, 0.5) is 0 Å². The molecule has 0 bridgehead atoms. The van der Waals surface area contributed by atoms with Crippen LogP contribution in [0, 0.1) is 0 Å². The second kappa shape index (κ2) is 6.56. The van der Waals surface area contributed by atoms with Gasteiger partial charge in [-0.05, 0) is 53.3 Å². The van der Waals surface area contributed by atoms with Crippen LogP contribution in [0.3, 0.4) is 0 Å². The number of methoxy groups -OCH3 is 1. The van der Waals surface area contributed by atoms with E-state index in [-0.39, 0.29) is 5.92 Å². The van der Waals surface area contributed by atoms with Crippen LogP contribution < -0.4 is 4.74 Å². The van der Waals surface area contributed by atoms with E-state index in [0.29, 0.717) is 12.0 Å². The molecule has 0 aliphatic heterocycles. The largest absolute Gasteiger partial charge is 0.497 e. The first-order chi connectivity index (χ1) is 15.2. The van der Waals surface area contributed by atoms with E-state index in [2.05, 4.69) is 47.0 Å². The van der Waals surface area contributed by atoms with Crippen molar-refractivity contribution >= 4 is 17.2 Å². The average Bonchev–Trinajstić information content (AvgIpc) is 3.10. The van der Waals surface area contributed by atoms with E-state index in [1.807, 2.05) is 18.2 Å². The van der Waals surface area contributed by atoms with Crippen LogP contribution in [-0.2, 0) is 18.6 Å². The molecule has 2 unspecified atom stereocenters. The van der Waals surface area contributed by atoms with Gasteiger partial charge in [-0.3, -0.25) is 4.79 Å². The Hall–Kier alpha value is -3.37. The van der Waals surface area contributed by atoms with E-state index in [1.165, 1.54) is 16.8 Å². The summed E-state index contributed by atoms with van der Waals surface area (Å²) in [5, 5.41) is 12.8. The van der Waals surface area contributed by atoms with Crippen molar-refractivity contribution in [2.45, 2.75) is 30.9 Å². The van der Waals surface area contributed by atoms with E-state index in [1.54, 1.807) is 13.2 Å². The van der Waals surface area contributed by atoms with E-state index in [9.17, 15) is 9.90 Å². The van der Waals surface area contributed by atoms with E-state index < -0.39 is 5.60 Å². The zero-order valence-electron chi connectivity index (χ0n) is 17.3. The molecule has 4 heteroatoms. The van der Waals surface area contributed by atoms with Gasteiger partial charge in [-0.1, -0.05) is 48.5 Å². The lowest BCUT2D eigenvalue weighted by atomic mass is 9.55. The molecule has 4 aromatic rings. The lowest BCUT2D eigenvalue weighted by Gasteiger charge is -2.51. The minimum Gasteiger partial charge on any atom is -0.497 e.